The minimum atomic E-state index is -0.101. The molecule has 2 aromatic rings. The van der Waals surface area contributed by atoms with Gasteiger partial charge in [0.1, 0.15) is 5.75 Å². The van der Waals surface area contributed by atoms with E-state index in [9.17, 15) is 4.79 Å². The number of hydrogen-bond acceptors (Lipinski definition) is 2. The first kappa shape index (κ1) is 14.6. The van der Waals surface area contributed by atoms with Gasteiger partial charge in [0.15, 0.2) is 0 Å². The Balaban J connectivity index is 1.96. The number of benzene rings is 2. The molecule has 0 unspecified atom stereocenters. The third-order valence-electron chi connectivity index (χ3n) is 4.31. The van der Waals surface area contributed by atoms with Crippen LogP contribution < -0.4 is 4.74 Å². The highest BCUT2D eigenvalue weighted by Crippen LogP contribution is 2.47. The summed E-state index contributed by atoms with van der Waals surface area (Å²) in [7, 11) is 1.65. The summed E-state index contributed by atoms with van der Waals surface area (Å²) in [6, 6.07) is 18.4. The van der Waals surface area contributed by atoms with Gasteiger partial charge >= 0.3 is 0 Å². The van der Waals surface area contributed by atoms with E-state index in [4.69, 9.17) is 4.74 Å². The van der Waals surface area contributed by atoms with Crippen LogP contribution in [0.25, 0.3) is 0 Å². The molecular formula is C19H21NO2. The lowest BCUT2D eigenvalue weighted by Gasteiger charge is -2.50. The van der Waals surface area contributed by atoms with E-state index < -0.39 is 0 Å². The fraction of sp³-hybridized carbons (Fsp3) is 0.316. The molecule has 2 atom stereocenters. The van der Waals surface area contributed by atoms with Crippen molar-refractivity contribution in [1.82, 2.24) is 4.90 Å². The number of hydrogen-bond donors (Lipinski definition) is 0. The minimum Gasteiger partial charge on any atom is -0.497 e. The lowest BCUT2D eigenvalue weighted by Crippen LogP contribution is -2.56. The first-order chi connectivity index (χ1) is 10.6. The molecule has 1 aliphatic rings. The Kier molecular flexibility index (Phi) is 3.88. The van der Waals surface area contributed by atoms with Crippen LogP contribution in [0.4, 0.5) is 0 Å². The molecule has 1 saturated heterocycles. The van der Waals surface area contributed by atoms with Crippen LogP contribution in [0.15, 0.2) is 54.6 Å². The topological polar surface area (TPSA) is 29.5 Å². The maximum absolute atomic E-state index is 12.6. The van der Waals surface area contributed by atoms with Gasteiger partial charge in [-0.2, -0.15) is 0 Å². The zero-order chi connectivity index (χ0) is 15.7. The molecule has 0 N–H and O–H groups in total. The lowest BCUT2D eigenvalue weighted by molar-refractivity contribution is -0.153. The largest absolute Gasteiger partial charge is 0.497 e. The van der Waals surface area contributed by atoms with Crippen molar-refractivity contribution >= 4 is 5.91 Å². The van der Waals surface area contributed by atoms with Gasteiger partial charge in [-0.25, -0.2) is 0 Å². The van der Waals surface area contributed by atoms with E-state index in [2.05, 4.69) is 26.0 Å². The van der Waals surface area contributed by atoms with Crippen molar-refractivity contribution < 1.29 is 9.53 Å². The average molecular weight is 295 g/mol. The summed E-state index contributed by atoms with van der Waals surface area (Å²) in [6.45, 7) is 4.14. The summed E-state index contributed by atoms with van der Waals surface area (Å²) in [5.41, 5.74) is 2.24. The predicted molar refractivity (Wildman–Crippen MR) is 86.9 cm³/mol. The van der Waals surface area contributed by atoms with E-state index >= 15 is 0 Å². The fourth-order valence-electron chi connectivity index (χ4n) is 3.23. The summed E-state index contributed by atoms with van der Waals surface area (Å²) in [4.78, 5) is 14.6. The molecule has 0 radical (unpaired) electrons. The van der Waals surface area contributed by atoms with Crippen LogP contribution in [0.5, 0.6) is 5.75 Å². The van der Waals surface area contributed by atoms with Crippen LogP contribution in [0.2, 0.25) is 0 Å². The van der Waals surface area contributed by atoms with Crippen molar-refractivity contribution in [3.8, 4) is 5.75 Å². The molecule has 0 aromatic heterocycles. The molecule has 114 valence electrons. The van der Waals surface area contributed by atoms with Gasteiger partial charge < -0.3 is 9.64 Å². The molecule has 1 fully saturated rings. The van der Waals surface area contributed by atoms with Crippen molar-refractivity contribution in [2.24, 2.45) is 0 Å². The molecule has 0 aliphatic carbocycles. The summed E-state index contributed by atoms with van der Waals surface area (Å²) < 4.78 is 5.20. The number of rotatable bonds is 4. The number of methoxy groups -OCH3 is 1. The smallest absolute Gasteiger partial charge is 0.233 e. The summed E-state index contributed by atoms with van der Waals surface area (Å²) in [6.07, 6.45) is 0. The van der Waals surface area contributed by atoms with Crippen LogP contribution >= 0.6 is 0 Å². The molecule has 1 amide bonds. The summed E-state index contributed by atoms with van der Waals surface area (Å²) >= 11 is 0. The number of likely N-dealkylation sites (tertiary alicyclic amines) is 1. The Bertz CT molecular complexity index is 649. The van der Waals surface area contributed by atoms with E-state index in [0.717, 1.165) is 11.3 Å². The third-order valence-corrected chi connectivity index (χ3v) is 4.31. The Morgan fingerprint density at radius 1 is 0.955 bits per heavy atom. The third kappa shape index (κ3) is 2.37. The number of carbonyl (C=O) groups excluding carboxylic acids is 1. The molecule has 0 bridgehead atoms. The number of amides is 1. The van der Waals surface area contributed by atoms with Crippen LogP contribution in [0.3, 0.4) is 0 Å². The summed E-state index contributed by atoms with van der Waals surface area (Å²) in [5, 5.41) is 0. The second-order valence-corrected chi connectivity index (χ2v) is 5.95. The Morgan fingerprint density at radius 2 is 1.59 bits per heavy atom. The van der Waals surface area contributed by atoms with Gasteiger partial charge in [0, 0.05) is 6.04 Å². The highest BCUT2D eigenvalue weighted by molar-refractivity contribution is 5.91. The van der Waals surface area contributed by atoms with E-state index in [1.807, 2.05) is 47.4 Å². The van der Waals surface area contributed by atoms with Gasteiger partial charge in [-0.15, -0.1) is 0 Å². The molecule has 3 nitrogen and oxygen atoms in total. The standard InChI is InChI=1S/C19H21NO2/c1-13(2)20-18(15-7-5-4-6-8-15)17(19(20)21)14-9-11-16(22-3)12-10-14/h4-13,17-18H,1-3H3/t17-,18-/m1/s1. The van der Waals surface area contributed by atoms with E-state index in [1.54, 1.807) is 7.11 Å². The highest BCUT2D eigenvalue weighted by atomic mass is 16.5. The van der Waals surface area contributed by atoms with E-state index in [-0.39, 0.29) is 23.9 Å². The van der Waals surface area contributed by atoms with Gasteiger partial charge in [0.05, 0.1) is 19.1 Å². The quantitative estimate of drug-likeness (QED) is 0.804. The predicted octanol–water partition coefficient (Wildman–Crippen LogP) is 3.77. The molecule has 1 heterocycles. The Hall–Kier alpha value is -2.29. The maximum Gasteiger partial charge on any atom is 0.233 e. The molecule has 1 aliphatic heterocycles. The monoisotopic (exact) mass is 295 g/mol. The van der Waals surface area contributed by atoms with Crippen LogP contribution in [0.1, 0.15) is 36.9 Å². The zero-order valence-corrected chi connectivity index (χ0v) is 13.2. The number of nitrogens with zero attached hydrogens (tertiary/aromatic N) is 1. The Morgan fingerprint density at radius 3 is 2.14 bits per heavy atom. The lowest BCUT2D eigenvalue weighted by atomic mass is 9.77. The van der Waals surface area contributed by atoms with Gasteiger partial charge in [0.25, 0.3) is 0 Å². The summed E-state index contributed by atoms with van der Waals surface area (Å²) in [5.74, 6) is 0.914. The first-order valence-corrected chi connectivity index (χ1v) is 7.64. The van der Waals surface area contributed by atoms with E-state index in [1.165, 1.54) is 5.56 Å². The van der Waals surface area contributed by atoms with Gasteiger partial charge in [-0.05, 0) is 37.1 Å². The molecule has 22 heavy (non-hydrogen) atoms. The SMILES string of the molecule is COc1ccc([C@H]2C(=O)N(C(C)C)[C@@H]2c2ccccc2)cc1. The van der Waals surface area contributed by atoms with Crippen molar-refractivity contribution in [3.05, 3.63) is 65.7 Å². The van der Waals surface area contributed by atoms with E-state index in [0.29, 0.717) is 0 Å². The van der Waals surface area contributed by atoms with Crippen molar-refractivity contribution in [3.63, 3.8) is 0 Å². The van der Waals surface area contributed by atoms with Crippen molar-refractivity contribution in [2.45, 2.75) is 31.8 Å². The van der Waals surface area contributed by atoms with Crippen LogP contribution in [-0.4, -0.2) is 24.0 Å². The maximum atomic E-state index is 12.6. The van der Waals surface area contributed by atoms with Crippen molar-refractivity contribution in [1.29, 1.82) is 0 Å². The normalized spacial score (nSPS) is 20.9. The fourth-order valence-corrected chi connectivity index (χ4v) is 3.23. The molecule has 3 rings (SSSR count). The average Bonchev–Trinajstić information content (AvgIpc) is 2.53. The molecule has 0 saturated carbocycles. The second-order valence-electron chi connectivity index (χ2n) is 5.95. The second kappa shape index (κ2) is 5.84. The molecule has 3 heteroatoms. The molecule has 2 aromatic carbocycles. The number of carbonyl (C=O) groups is 1. The van der Waals surface area contributed by atoms with Gasteiger partial charge in [-0.3, -0.25) is 4.79 Å². The van der Waals surface area contributed by atoms with Gasteiger partial charge in [-0.1, -0.05) is 42.5 Å². The minimum absolute atomic E-state index is 0.101. The number of ether oxygens (including phenoxy) is 1. The zero-order valence-electron chi connectivity index (χ0n) is 13.2. The Labute approximate surface area is 131 Å². The van der Waals surface area contributed by atoms with Gasteiger partial charge in [0.2, 0.25) is 5.91 Å². The van der Waals surface area contributed by atoms with Crippen LogP contribution in [-0.2, 0) is 4.79 Å². The van der Waals surface area contributed by atoms with Crippen molar-refractivity contribution in [2.75, 3.05) is 7.11 Å². The first-order valence-electron chi connectivity index (χ1n) is 7.64. The molecular weight excluding hydrogens is 274 g/mol. The number of β-lactam (4-membered cyclic amide) rings is 1. The van der Waals surface area contributed by atoms with Crippen LogP contribution in [0, 0.1) is 0 Å². The highest BCUT2D eigenvalue weighted by Gasteiger charge is 2.49. The molecule has 0 spiro atoms.